The van der Waals surface area contributed by atoms with Crippen molar-refractivity contribution in [3.8, 4) is 0 Å². The summed E-state index contributed by atoms with van der Waals surface area (Å²) in [7, 11) is 0. The van der Waals surface area contributed by atoms with Crippen LogP contribution in [0.25, 0.3) is 0 Å². The van der Waals surface area contributed by atoms with E-state index in [1.807, 2.05) is 0 Å². The first-order valence-corrected chi connectivity index (χ1v) is 8.97. The van der Waals surface area contributed by atoms with Gasteiger partial charge in [-0.15, -0.1) is 0 Å². The van der Waals surface area contributed by atoms with E-state index in [2.05, 4.69) is 46.8 Å². The average molecular weight is 306 g/mol. The van der Waals surface area contributed by atoms with Gasteiger partial charge < -0.3 is 9.84 Å². The molecule has 1 saturated heterocycles. The first-order chi connectivity index (χ1) is 10.3. The lowest BCUT2D eigenvalue weighted by Crippen LogP contribution is -2.44. The number of rotatable bonds is 1. The van der Waals surface area contributed by atoms with Crippen LogP contribution < -0.4 is 0 Å². The highest BCUT2D eigenvalue weighted by Gasteiger charge is 2.50. The van der Waals surface area contributed by atoms with Crippen LogP contribution in [0.1, 0.15) is 79.6 Å². The molecule has 0 spiro atoms. The highest BCUT2D eigenvalue weighted by molar-refractivity contribution is 5.10. The topological polar surface area (TPSA) is 29.5 Å². The van der Waals surface area contributed by atoms with E-state index >= 15 is 0 Å². The number of hydrogen-bond donors (Lipinski definition) is 1. The van der Waals surface area contributed by atoms with Gasteiger partial charge in [0.1, 0.15) is 0 Å². The summed E-state index contributed by atoms with van der Waals surface area (Å²) < 4.78 is 6.59. The molecule has 0 amide bonds. The molecule has 2 bridgehead atoms. The standard InChI is InChI=1S/C20H34O2/c1-15(2)20-12-11-17(4)8-6-7-16(3)9-10-18(21)19(5,22-20)13-14-20/h7,11,15,18,21H,6,8-10,12-14H2,1-5H3/b16-7+,17-11-/t18-,19-,20+/m1/s1. The van der Waals surface area contributed by atoms with Gasteiger partial charge in [0.25, 0.3) is 0 Å². The first-order valence-electron chi connectivity index (χ1n) is 8.97. The van der Waals surface area contributed by atoms with Gasteiger partial charge in [-0.1, -0.05) is 37.1 Å². The molecule has 126 valence electrons. The average Bonchev–Trinajstić information content (AvgIpc) is 2.82. The van der Waals surface area contributed by atoms with Gasteiger partial charge in [0.15, 0.2) is 0 Å². The Morgan fingerprint density at radius 2 is 1.82 bits per heavy atom. The van der Waals surface area contributed by atoms with E-state index in [9.17, 15) is 5.11 Å². The highest BCUT2D eigenvalue weighted by Crippen LogP contribution is 2.47. The van der Waals surface area contributed by atoms with Gasteiger partial charge in [0.05, 0.1) is 17.3 Å². The lowest BCUT2D eigenvalue weighted by atomic mass is 9.82. The second-order valence-corrected chi connectivity index (χ2v) is 8.03. The quantitative estimate of drug-likeness (QED) is 0.677. The van der Waals surface area contributed by atoms with Crippen molar-refractivity contribution in [3.05, 3.63) is 23.3 Å². The van der Waals surface area contributed by atoms with Crippen LogP contribution in [-0.4, -0.2) is 22.4 Å². The summed E-state index contributed by atoms with van der Waals surface area (Å²) in [6.07, 6.45) is 11.3. The van der Waals surface area contributed by atoms with Gasteiger partial charge >= 0.3 is 0 Å². The van der Waals surface area contributed by atoms with Gasteiger partial charge in [-0.3, -0.25) is 0 Å². The number of fused-ring (bicyclic) bond motifs is 2. The molecule has 0 aromatic rings. The predicted molar refractivity (Wildman–Crippen MR) is 92.9 cm³/mol. The Morgan fingerprint density at radius 3 is 2.50 bits per heavy atom. The van der Waals surface area contributed by atoms with Crippen LogP contribution in [0.4, 0.5) is 0 Å². The van der Waals surface area contributed by atoms with Crippen molar-refractivity contribution in [1.82, 2.24) is 0 Å². The molecule has 0 aromatic carbocycles. The van der Waals surface area contributed by atoms with E-state index in [-0.39, 0.29) is 17.3 Å². The van der Waals surface area contributed by atoms with Crippen molar-refractivity contribution < 1.29 is 9.84 Å². The van der Waals surface area contributed by atoms with Crippen molar-refractivity contribution in [2.45, 2.75) is 96.9 Å². The number of hydrogen-bond acceptors (Lipinski definition) is 2. The second kappa shape index (κ2) is 6.88. The fourth-order valence-electron chi connectivity index (χ4n) is 3.81. The van der Waals surface area contributed by atoms with E-state index in [4.69, 9.17) is 4.74 Å². The smallest absolute Gasteiger partial charge is 0.0921 e. The summed E-state index contributed by atoms with van der Waals surface area (Å²) in [5, 5.41) is 10.7. The molecule has 2 aliphatic heterocycles. The number of aliphatic hydroxyl groups is 1. The van der Waals surface area contributed by atoms with E-state index in [1.165, 1.54) is 11.1 Å². The zero-order valence-corrected chi connectivity index (χ0v) is 15.1. The summed E-state index contributed by atoms with van der Waals surface area (Å²) in [6.45, 7) is 11.0. The van der Waals surface area contributed by atoms with Gasteiger partial charge in [-0.2, -0.15) is 0 Å². The minimum absolute atomic E-state index is 0.104. The molecule has 0 saturated carbocycles. The molecule has 0 radical (unpaired) electrons. The van der Waals surface area contributed by atoms with Crippen LogP contribution >= 0.6 is 0 Å². The number of aliphatic hydroxyl groups excluding tert-OH is 1. The summed E-state index contributed by atoms with van der Waals surface area (Å²) >= 11 is 0. The maximum Gasteiger partial charge on any atom is 0.0921 e. The van der Waals surface area contributed by atoms with Gasteiger partial charge in [0.2, 0.25) is 0 Å². The van der Waals surface area contributed by atoms with E-state index in [1.54, 1.807) is 0 Å². The molecule has 0 aromatic heterocycles. The van der Waals surface area contributed by atoms with Crippen LogP contribution in [0.5, 0.6) is 0 Å². The van der Waals surface area contributed by atoms with Gasteiger partial charge in [0, 0.05) is 0 Å². The molecule has 0 aliphatic carbocycles. The van der Waals surface area contributed by atoms with Crippen molar-refractivity contribution in [1.29, 1.82) is 0 Å². The third-order valence-electron chi connectivity index (χ3n) is 5.88. The predicted octanol–water partition coefficient (Wildman–Crippen LogP) is 5.17. The molecule has 2 heteroatoms. The molecule has 22 heavy (non-hydrogen) atoms. The maximum absolute atomic E-state index is 10.7. The molecular weight excluding hydrogens is 272 g/mol. The van der Waals surface area contributed by atoms with E-state index in [0.29, 0.717) is 5.92 Å². The molecule has 3 atom stereocenters. The molecule has 1 N–H and O–H groups in total. The van der Waals surface area contributed by atoms with Crippen molar-refractivity contribution in [2.24, 2.45) is 5.92 Å². The molecule has 1 fully saturated rings. The van der Waals surface area contributed by atoms with Crippen molar-refractivity contribution in [3.63, 3.8) is 0 Å². The maximum atomic E-state index is 10.7. The Kier molecular flexibility index (Phi) is 5.55. The summed E-state index contributed by atoms with van der Waals surface area (Å²) in [5.74, 6) is 0.468. The molecule has 2 heterocycles. The largest absolute Gasteiger partial charge is 0.390 e. The van der Waals surface area contributed by atoms with Crippen LogP contribution in [0.2, 0.25) is 0 Å². The van der Waals surface area contributed by atoms with E-state index < -0.39 is 0 Å². The van der Waals surface area contributed by atoms with Crippen LogP contribution in [0, 0.1) is 5.92 Å². The summed E-state index contributed by atoms with van der Waals surface area (Å²) in [5.41, 5.74) is 2.36. The molecule has 2 nitrogen and oxygen atoms in total. The third kappa shape index (κ3) is 3.83. The molecule has 0 unspecified atom stereocenters. The minimum Gasteiger partial charge on any atom is -0.390 e. The Balaban J connectivity index is 2.27. The minimum atomic E-state index is -0.389. The zero-order valence-electron chi connectivity index (χ0n) is 15.1. The Bertz CT molecular complexity index is 449. The fourth-order valence-corrected chi connectivity index (χ4v) is 3.81. The summed E-state index contributed by atoms with van der Waals surface area (Å²) in [4.78, 5) is 0. The second-order valence-electron chi connectivity index (χ2n) is 8.03. The monoisotopic (exact) mass is 306 g/mol. The Hall–Kier alpha value is -0.600. The fraction of sp³-hybridized carbons (Fsp3) is 0.800. The van der Waals surface area contributed by atoms with Gasteiger partial charge in [-0.25, -0.2) is 0 Å². The third-order valence-corrected chi connectivity index (χ3v) is 5.88. The SMILES string of the molecule is C/C1=C/C[C@@]2(C(C)C)CC[C@@](C)(O2)[C@H](O)CC/C(C)=C/CC1. The van der Waals surface area contributed by atoms with E-state index in [0.717, 1.165) is 44.9 Å². The first kappa shape index (κ1) is 17.7. The van der Waals surface area contributed by atoms with Crippen LogP contribution in [0.3, 0.4) is 0 Å². The number of ether oxygens (including phenoxy) is 1. The lowest BCUT2D eigenvalue weighted by Gasteiger charge is -2.38. The number of allylic oxidation sites excluding steroid dienone is 3. The Labute approximate surface area is 136 Å². The zero-order chi connectivity index (χ0) is 16.4. The van der Waals surface area contributed by atoms with Crippen molar-refractivity contribution >= 4 is 0 Å². The molecule has 2 rings (SSSR count). The Morgan fingerprint density at radius 1 is 1.14 bits per heavy atom. The molecule has 2 aliphatic rings. The van der Waals surface area contributed by atoms with Crippen molar-refractivity contribution in [2.75, 3.05) is 0 Å². The van der Waals surface area contributed by atoms with Crippen LogP contribution in [-0.2, 0) is 4.74 Å². The lowest BCUT2D eigenvalue weighted by molar-refractivity contribution is -0.162. The van der Waals surface area contributed by atoms with Gasteiger partial charge in [-0.05, 0) is 71.6 Å². The molecular formula is C20H34O2. The van der Waals surface area contributed by atoms with Crippen LogP contribution in [0.15, 0.2) is 23.3 Å². The normalized spacial score (nSPS) is 42.6. The summed E-state index contributed by atoms with van der Waals surface area (Å²) in [6, 6.07) is 0. The highest BCUT2D eigenvalue weighted by atomic mass is 16.5.